The van der Waals surface area contributed by atoms with E-state index in [1.54, 1.807) is 55.6 Å². The Kier molecular flexibility index (Phi) is 7.04. The van der Waals surface area contributed by atoms with Crippen LogP contribution in [0.5, 0.6) is 11.5 Å². The van der Waals surface area contributed by atoms with Crippen molar-refractivity contribution in [1.82, 2.24) is 0 Å². The highest BCUT2D eigenvalue weighted by Crippen LogP contribution is 2.20. The third-order valence-electron chi connectivity index (χ3n) is 4.73. The van der Waals surface area contributed by atoms with Crippen LogP contribution in [0, 0.1) is 25.2 Å². The summed E-state index contributed by atoms with van der Waals surface area (Å²) in [6, 6.07) is 20.8. The third kappa shape index (κ3) is 5.61. The molecule has 1 N–H and O–H groups in total. The molecule has 0 atom stereocenters. The highest BCUT2D eigenvalue weighted by Gasteiger charge is 2.12. The van der Waals surface area contributed by atoms with Crippen molar-refractivity contribution in [2.24, 2.45) is 0 Å². The van der Waals surface area contributed by atoms with Crippen LogP contribution in [0.2, 0.25) is 0 Å². The number of methoxy groups -OCH3 is 1. The van der Waals surface area contributed by atoms with Crippen molar-refractivity contribution in [2.75, 3.05) is 12.4 Å². The molecule has 160 valence electrons. The predicted octanol–water partition coefficient (Wildman–Crippen LogP) is 5.08. The second-order valence-corrected chi connectivity index (χ2v) is 7.13. The molecule has 1 amide bonds. The minimum absolute atomic E-state index is 0.0334. The van der Waals surface area contributed by atoms with Gasteiger partial charge in [-0.1, -0.05) is 24.3 Å². The van der Waals surface area contributed by atoms with Gasteiger partial charge in [-0.25, -0.2) is 4.79 Å². The summed E-state index contributed by atoms with van der Waals surface area (Å²) in [6.07, 6.45) is 1.48. The lowest BCUT2D eigenvalue weighted by molar-refractivity contribution is -0.112. The number of benzene rings is 3. The Balaban J connectivity index is 1.69. The highest BCUT2D eigenvalue weighted by atomic mass is 16.5. The maximum absolute atomic E-state index is 12.5. The molecule has 0 unspecified atom stereocenters. The van der Waals surface area contributed by atoms with Gasteiger partial charge < -0.3 is 14.8 Å². The Hall–Kier alpha value is -4.37. The lowest BCUT2D eigenvalue weighted by Crippen LogP contribution is -2.14. The summed E-state index contributed by atoms with van der Waals surface area (Å²) >= 11 is 0. The second kappa shape index (κ2) is 10.1. The third-order valence-corrected chi connectivity index (χ3v) is 4.73. The van der Waals surface area contributed by atoms with E-state index in [1.807, 2.05) is 38.1 Å². The van der Waals surface area contributed by atoms with Gasteiger partial charge in [0, 0.05) is 5.69 Å². The van der Waals surface area contributed by atoms with Gasteiger partial charge in [-0.15, -0.1) is 0 Å². The largest absolute Gasteiger partial charge is 0.497 e. The van der Waals surface area contributed by atoms with Crippen molar-refractivity contribution in [2.45, 2.75) is 13.8 Å². The number of carbonyl (C=O) groups is 2. The maximum atomic E-state index is 12.5. The molecule has 3 aromatic carbocycles. The SMILES string of the molecule is COc1ccc(C(=O)Oc2ccc(C=C(C#N)C(=O)Nc3cc(C)ccc3C)cc2)cc1. The van der Waals surface area contributed by atoms with Gasteiger partial charge in [0.25, 0.3) is 5.91 Å². The number of hydrogen-bond acceptors (Lipinski definition) is 5. The van der Waals surface area contributed by atoms with E-state index in [0.29, 0.717) is 28.3 Å². The number of nitriles is 1. The first-order valence-corrected chi connectivity index (χ1v) is 9.86. The number of esters is 1. The first-order chi connectivity index (χ1) is 15.4. The first-order valence-electron chi connectivity index (χ1n) is 9.86. The minimum Gasteiger partial charge on any atom is -0.497 e. The van der Waals surface area contributed by atoms with Crippen LogP contribution in [0.1, 0.15) is 27.0 Å². The predicted molar refractivity (Wildman–Crippen MR) is 123 cm³/mol. The lowest BCUT2D eigenvalue weighted by Gasteiger charge is -2.09. The fourth-order valence-electron chi connectivity index (χ4n) is 2.90. The number of carbonyl (C=O) groups excluding carboxylic acids is 2. The van der Waals surface area contributed by atoms with E-state index in [2.05, 4.69) is 5.32 Å². The van der Waals surface area contributed by atoms with Crippen molar-refractivity contribution < 1.29 is 19.1 Å². The van der Waals surface area contributed by atoms with E-state index in [1.165, 1.54) is 6.08 Å². The zero-order valence-corrected chi connectivity index (χ0v) is 18.0. The van der Waals surface area contributed by atoms with Crippen LogP contribution in [0.4, 0.5) is 5.69 Å². The smallest absolute Gasteiger partial charge is 0.343 e. The summed E-state index contributed by atoms with van der Waals surface area (Å²) in [5.74, 6) is 0.00617. The Morgan fingerprint density at radius 2 is 1.59 bits per heavy atom. The molecular weight excluding hydrogens is 404 g/mol. The fourth-order valence-corrected chi connectivity index (χ4v) is 2.90. The quantitative estimate of drug-likeness (QED) is 0.257. The van der Waals surface area contributed by atoms with Crippen LogP contribution in [-0.4, -0.2) is 19.0 Å². The molecule has 0 aliphatic heterocycles. The monoisotopic (exact) mass is 426 g/mol. The summed E-state index contributed by atoms with van der Waals surface area (Å²) in [6.45, 7) is 3.82. The number of ether oxygens (including phenoxy) is 2. The van der Waals surface area contributed by atoms with E-state index in [4.69, 9.17) is 9.47 Å². The van der Waals surface area contributed by atoms with E-state index < -0.39 is 11.9 Å². The zero-order chi connectivity index (χ0) is 23.1. The first kappa shape index (κ1) is 22.3. The molecule has 0 aliphatic carbocycles. The Morgan fingerprint density at radius 1 is 0.938 bits per heavy atom. The molecular formula is C26H22N2O4. The van der Waals surface area contributed by atoms with Gasteiger partial charge in [0.15, 0.2) is 0 Å². The van der Waals surface area contributed by atoms with E-state index in [-0.39, 0.29) is 5.57 Å². The Bertz CT molecular complexity index is 1200. The number of amides is 1. The number of nitrogens with one attached hydrogen (secondary N) is 1. The topological polar surface area (TPSA) is 88.4 Å². The van der Waals surface area contributed by atoms with Crippen LogP contribution >= 0.6 is 0 Å². The molecule has 3 rings (SSSR count). The summed E-state index contributed by atoms with van der Waals surface area (Å²) in [7, 11) is 1.55. The molecule has 0 aliphatic rings. The highest BCUT2D eigenvalue weighted by molar-refractivity contribution is 6.10. The summed E-state index contributed by atoms with van der Waals surface area (Å²) < 4.78 is 10.4. The molecule has 0 bridgehead atoms. The summed E-state index contributed by atoms with van der Waals surface area (Å²) in [5, 5.41) is 12.2. The van der Waals surface area contributed by atoms with Crippen molar-refractivity contribution in [3.8, 4) is 17.6 Å². The molecule has 6 heteroatoms. The van der Waals surface area contributed by atoms with Crippen LogP contribution in [0.25, 0.3) is 6.08 Å². The number of nitrogens with zero attached hydrogens (tertiary/aromatic N) is 1. The standard InChI is InChI=1S/C26H22N2O4/c1-17-4-5-18(2)24(14-17)28-25(29)21(16-27)15-19-6-10-23(11-7-19)32-26(30)20-8-12-22(31-3)13-9-20/h4-15H,1-3H3,(H,28,29). The van der Waals surface area contributed by atoms with Crippen molar-refractivity contribution in [1.29, 1.82) is 5.26 Å². The van der Waals surface area contributed by atoms with Crippen LogP contribution < -0.4 is 14.8 Å². The molecule has 0 spiro atoms. The van der Waals surface area contributed by atoms with E-state index in [0.717, 1.165) is 11.1 Å². The Labute approximate surface area is 186 Å². The second-order valence-electron chi connectivity index (χ2n) is 7.13. The van der Waals surface area contributed by atoms with Crippen molar-refractivity contribution in [3.63, 3.8) is 0 Å². The number of anilines is 1. The normalized spacial score (nSPS) is 10.8. The van der Waals surface area contributed by atoms with Gasteiger partial charge in [-0.3, -0.25) is 4.79 Å². The molecule has 3 aromatic rings. The molecule has 32 heavy (non-hydrogen) atoms. The fraction of sp³-hybridized carbons (Fsp3) is 0.115. The van der Waals surface area contributed by atoms with Crippen LogP contribution in [0.3, 0.4) is 0 Å². The van der Waals surface area contributed by atoms with Gasteiger partial charge in [0.1, 0.15) is 23.1 Å². The van der Waals surface area contributed by atoms with Crippen LogP contribution in [0.15, 0.2) is 72.3 Å². The van der Waals surface area contributed by atoms with Gasteiger partial charge >= 0.3 is 5.97 Å². The number of rotatable bonds is 6. The van der Waals surface area contributed by atoms with Crippen molar-refractivity contribution >= 4 is 23.6 Å². The average molecular weight is 426 g/mol. The number of aryl methyl sites for hydroxylation is 2. The van der Waals surface area contributed by atoms with Gasteiger partial charge in [-0.05, 0) is 79.1 Å². The lowest BCUT2D eigenvalue weighted by atomic mass is 10.1. The molecule has 0 radical (unpaired) electrons. The molecule has 0 heterocycles. The summed E-state index contributed by atoms with van der Waals surface area (Å²) in [5.41, 5.74) is 3.56. The molecule has 6 nitrogen and oxygen atoms in total. The summed E-state index contributed by atoms with van der Waals surface area (Å²) in [4.78, 5) is 24.8. The molecule has 0 aromatic heterocycles. The number of hydrogen-bond donors (Lipinski definition) is 1. The van der Waals surface area contributed by atoms with E-state index >= 15 is 0 Å². The van der Waals surface area contributed by atoms with Gasteiger partial charge in [0.2, 0.25) is 0 Å². The van der Waals surface area contributed by atoms with E-state index in [9.17, 15) is 14.9 Å². The van der Waals surface area contributed by atoms with Crippen LogP contribution in [-0.2, 0) is 4.79 Å². The average Bonchev–Trinajstić information content (AvgIpc) is 2.80. The maximum Gasteiger partial charge on any atom is 0.343 e. The minimum atomic E-state index is -0.499. The molecule has 0 fully saturated rings. The Morgan fingerprint density at radius 3 is 2.22 bits per heavy atom. The van der Waals surface area contributed by atoms with Gasteiger partial charge in [-0.2, -0.15) is 5.26 Å². The van der Waals surface area contributed by atoms with Crippen molar-refractivity contribution in [3.05, 3.63) is 94.6 Å². The molecule has 0 saturated heterocycles. The molecule has 0 saturated carbocycles. The van der Waals surface area contributed by atoms with Gasteiger partial charge in [0.05, 0.1) is 12.7 Å². The zero-order valence-electron chi connectivity index (χ0n) is 18.0.